The fourth-order valence-electron chi connectivity index (χ4n) is 2.06. The highest BCUT2D eigenvalue weighted by Crippen LogP contribution is 2.30. The lowest BCUT2D eigenvalue weighted by Gasteiger charge is -2.19. The Bertz CT molecular complexity index is 616. The normalized spacial score (nSPS) is 12.4. The molecule has 1 N–H and O–H groups in total. The molecule has 1 atom stereocenters. The van der Waals surface area contributed by atoms with Crippen molar-refractivity contribution in [1.82, 2.24) is 5.32 Å². The summed E-state index contributed by atoms with van der Waals surface area (Å²) < 4.78 is 16.0. The van der Waals surface area contributed by atoms with Crippen LogP contribution in [0, 0.1) is 5.82 Å². The Balaban J connectivity index is 2.31. The average Bonchev–Trinajstić information content (AvgIpc) is 2.41. The molecular formula is C15H13Br3FN. The van der Waals surface area contributed by atoms with Crippen molar-refractivity contribution in [1.29, 1.82) is 0 Å². The zero-order valence-electron chi connectivity index (χ0n) is 10.8. The van der Waals surface area contributed by atoms with Crippen LogP contribution < -0.4 is 5.32 Å². The number of likely N-dealkylation sites (N-methyl/N-ethyl adjacent to an activating group) is 1. The predicted octanol–water partition coefficient (Wildman–Crippen LogP) is 5.62. The summed E-state index contributed by atoms with van der Waals surface area (Å²) in [4.78, 5) is 0. The summed E-state index contributed by atoms with van der Waals surface area (Å²) in [5, 5.41) is 3.31. The van der Waals surface area contributed by atoms with Crippen LogP contribution in [0.2, 0.25) is 0 Å². The molecule has 0 radical (unpaired) electrons. The van der Waals surface area contributed by atoms with E-state index >= 15 is 0 Å². The molecule has 5 heteroatoms. The van der Waals surface area contributed by atoms with Gasteiger partial charge in [0.05, 0.1) is 0 Å². The lowest BCUT2D eigenvalue weighted by molar-refractivity contribution is 0.585. The van der Waals surface area contributed by atoms with Gasteiger partial charge in [-0.1, -0.05) is 53.9 Å². The molecule has 0 bridgehead atoms. The first-order valence-electron chi connectivity index (χ1n) is 6.07. The zero-order valence-corrected chi connectivity index (χ0v) is 15.5. The Morgan fingerprint density at radius 1 is 1.05 bits per heavy atom. The summed E-state index contributed by atoms with van der Waals surface area (Å²) in [6.07, 6.45) is 0.770. The van der Waals surface area contributed by atoms with E-state index in [2.05, 4.69) is 59.2 Å². The van der Waals surface area contributed by atoms with Crippen molar-refractivity contribution in [2.75, 3.05) is 7.05 Å². The van der Waals surface area contributed by atoms with Gasteiger partial charge in [-0.2, -0.15) is 0 Å². The van der Waals surface area contributed by atoms with Crippen LogP contribution in [0.25, 0.3) is 0 Å². The van der Waals surface area contributed by atoms with Gasteiger partial charge in [0.25, 0.3) is 0 Å². The van der Waals surface area contributed by atoms with Gasteiger partial charge in [-0.15, -0.1) is 0 Å². The minimum atomic E-state index is -0.231. The van der Waals surface area contributed by atoms with E-state index in [9.17, 15) is 4.39 Å². The molecule has 2 aromatic rings. The van der Waals surface area contributed by atoms with Gasteiger partial charge >= 0.3 is 0 Å². The quantitative estimate of drug-likeness (QED) is 0.618. The molecule has 106 valence electrons. The van der Waals surface area contributed by atoms with Crippen LogP contribution in [0.4, 0.5) is 4.39 Å². The summed E-state index contributed by atoms with van der Waals surface area (Å²) in [6, 6.07) is 11.0. The fourth-order valence-corrected chi connectivity index (χ4v) is 3.47. The molecule has 2 aromatic carbocycles. The second-order valence-corrected chi connectivity index (χ2v) is 7.07. The van der Waals surface area contributed by atoms with E-state index in [1.807, 2.05) is 25.2 Å². The van der Waals surface area contributed by atoms with Gasteiger partial charge < -0.3 is 5.32 Å². The van der Waals surface area contributed by atoms with Crippen LogP contribution >= 0.6 is 47.8 Å². The maximum atomic E-state index is 13.1. The van der Waals surface area contributed by atoms with Gasteiger partial charge in [0.15, 0.2) is 0 Å². The minimum absolute atomic E-state index is 0.142. The molecule has 2 rings (SSSR count). The maximum Gasteiger partial charge on any atom is 0.124 e. The summed E-state index contributed by atoms with van der Waals surface area (Å²) in [6.45, 7) is 0. The van der Waals surface area contributed by atoms with Gasteiger partial charge in [0.2, 0.25) is 0 Å². The molecule has 1 nitrogen and oxygen atoms in total. The Kier molecular flexibility index (Phi) is 5.78. The number of halogens is 4. The first-order valence-corrected chi connectivity index (χ1v) is 8.45. The first-order chi connectivity index (χ1) is 9.51. The summed E-state index contributed by atoms with van der Waals surface area (Å²) >= 11 is 10.5. The SMILES string of the molecule is CNC(Cc1ccc(F)cc1Br)c1cc(Br)ccc1Br. The van der Waals surface area contributed by atoms with Crippen LogP contribution in [0.5, 0.6) is 0 Å². The predicted molar refractivity (Wildman–Crippen MR) is 91.4 cm³/mol. The molecule has 0 fully saturated rings. The van der Waals surface area contributed by atoms with E-state index in [0.29, 0.717) is 0 Å². The third-order valence-corrected chi connectivity index (χ3v) is 5.07. The second kappa shape index (κ2) is 7.16. The monoisotopic (exact) mass is 463 g/mol. The van der Waals surface area contributed by atoms with Crippen molar-refractivity contribution < 1.29 is 4.39 Å². The highest BCUT2D eigenvalue weighted by molar-refractivity contribution is 9.11. The molecule has 0 heterocycles. The number of hydrogen-bond donors (Lipinski definition) is 1. The number of nitrogens with one attached hydrogen (secondary N) is 1. The van der Waals surface area contributed by atoms with Crippen LogP contribution in [-0.4, -0.2) is 7.05 Å². The maximum absolute atomic E-state index is 13.1. The van der Waals surface area contributed by atoms with Crippen LogP contribution in [0.1, 0.15) is 17.2 Å². The molecule has 0 aliphatic heterocycles. The Morgan fingerprint density at radius 3 is 2.45 bits per heavy atom. The van der Waals surface area contributed by atoms with Crippen molar-refractivity contribution in [2.45, 2.75) is 12.5 Å². The van der Waals surface area contributed by atoms with Crippen LogP contribution in [-0.2, 0) is 6.42 Å². The van der Waals surface area contributed by atoms with Crippen molar-refractivity contribution in [3.05, 3.63) is 66.8 Å². The standard InChI is InChI=1S/C15H13Br3FN/c1-20-15(12-7-10(16)3-5-13(12)17)6-9-2-4-11(19)8-14(9)18/h2-5,7-8,15,20H,6H2,1H3. The van der Waals surface area contributed by atoms with Gasteiger partial charge in [-0.05, 0) is 54.9 Å². The Labute approximate surface area is 143 Å². The molecular weight excluding hydrogens is 453 g/mol. The molecule has 0 aliphatic carbocycles. The second-order valence-electron chi connectivity index (χ2n) is 4.45. The van der Waals surface area contributed by atoms with Crippen molar-refractivity contribution >= 4 is 47.8 Å². The molecule has 0 saturated heterocycles. The smallest absolute Gasteiger partial charge is 0.124 e. The van der Waals surface area contributed by atoms with Gasteiger partial charge in [0, 0.05) is 19.5 Å². The number of hydrogen-bond acceptors (Lipinski definition) is 1. The van der Waals surface area contributed by atoms with E-state index in [-0.39, 0.29) is 11.9 Å². The molecule has 0 aliphatic rings. The lowest BCUT2D eigenvalue weighted by Crippen LogP contribution is -2.19. The highest BCUT2D eigenvalue weighted by Gasteiger charge is 2.15. The van der Waals surface area contributed by atoms with Crippen LogP contribution in [0.3, 0.4) is 0 Å². The van der Waals surface area contributed by atoms with Gasteiger partial charge in [-0.3, -0.25) is 0 Å². The molecule has 0 aromatic heterocycles. The summed E-state index contributed by atoms with van der Waals surface area (Å²) in [5.74, 6) is -0.231. The lowest BCUT2D eigenvalue weighted by atomic mass is 9.99. The van der Waals surface area contributed by atoms with Crippen molar-refractivity contribution in [3.8, 4) is 0 Å². The summed E-state index contributed by atoms with van der Waals surface area (Å²) in [7, 11) is 1.93. The van der Waals surface area contributed by atoms with E-state index in [1.54, 1.807) is 0 Å². The molecule has 0 saturated carbocycles. The molecule has 0 spiro atoms. The molecule has 0 amide bonds. The zero-order chi connectivity index (χ0) is 14.7. The topological polar surface area (TPSA) is 12.0 Å². The molecule has 1 unspecified atom stereocenters. The average molecular weight is 466 g/mol. The Morgan fingerprint density at radius 2 is 1.80 bits per heavy atom. The van der Waals surface area contributed by atoms with Gasteiger partial charge in [0.1, 0.15) is 5.82 Å². The largest absolute Gasteiger partial charge is 0.313 e. The number of rotatable bonds is 4. The fraction of sp³-hybridized carbons (Fsp3) is 0.200. The Hall–Kier alpha value is -0.230. The van der Waals surface area contributed by atoms with E-state index in [4.69, 9.17) is 0 Å². The third-order valence-electron chi connectivity index (χ3n) is 3.12. The molecule has 20 heavy (non-hydrogen) atoms. The van der Waals surface area contributed by atoms with E-state index in [0.717, 1.165) is 31.0 Å². The van der Waals surface area contributed by atoms with Crippen molar-refractivity contribution in [2.24, 2.45) is 0 Å². The first kappa shape index (κ1) is 16.1. The van der Waals surface area contributed by atoms with Crippen molar-refractivity contribution in [3.63, 3.8) is 0 Å². The van der Waals surface area contributed by atoms with E-state index < -0.39 is 0 Å². The van der Waals surface area contributed by atoms with Gasteiger partial charge in [-0.25, -0.2) is 4.39 Å². The summed E-state index contributed by atoms with van der Waals surface area (Å²) in [5.41, 5.74) is 2.23. The van der Waals surface area contributed by atoms with E-state index in [1.165, 1.54) is 12.1 Å². The number of benzene rings is 2. The minimum Gasteiger partial charge on any atom is -0.313 e. The van der Waals surface area contributed by atoms with Crippen LogP contribution in [0.15, 0.2) is 49.8 Å². The third kappa shape index (κ3) is 3.91. The highest BCUT2D eigenvalue weighted by atomic mass is 79.9.